The molecule has 0 saturated carbocycles. The molecule has 130 valence electrons. The fraction of sp³-hybridized carbons (Fsp3) is 0.150. The molecule has 4 aromatic rings. The van der Waals surface area contributed by atoms with E-state index >= 15 is 0 Å². The van der Waals surface area contributed by atoms with Crippen molar-refractivity contribution in [3.63, 3.8) is 0 Å². The number of halogens is 1. The van der Waals surface area contributed by atoms with E-state index in [1.54, 1.807) is 16.6 Å². The van der Waals surface area contributed by atoms with Gasteiger partial charge in [-0.2, -0.15) is 9.61 Å². The van der Waals surface area contributed by atoms with Crippen molar-refractivity contribution in [1.82, 2.24) is 14.6 Å². The van der Waals surface area contributed by atoms with Crippen LogP contribution < -0.4 is 0 Å². The van der Waals surface area contributed by atoms with E-state index in [0.29, 0.717) is 22.8 Å². The molecule has 0 radical (unpaired) electrons. The Balaban J connectivity index is 1.69. The van der Waals surface area contributed by atoms with Crippen molar-refractivity contribution in [2.75, 3.05) is 0 Å². The van der Waals surface area contributed by atoms with Gasteiger partial charge in [0.05, 0.1) is 0 Å². The Morgan fingerprint density at radius 3 is 2.42 bits per heavy atom. The first-order valence-electron chi connectivity index (χ1n) is 8.35. The molecule has 4 nitrogen and oxygen atoms in total. The van der Waals surface area contributed by atoms with Crippen molar-refractivity contribution in [3.8, 4) is 11.3 Å². The van der Waals surface area contributed by atoms with E-state index in [1.807, 2.05) is 24.3 Å². The fourth-order valence-electron chi connectivity index (χ4n) is 2.87. The van der Waals surface area contributed by atoms with Gasteiger partial charge in [-0.3, -0.25) is 4.79 Å². The van der Waals surface area contributed by atoms with Crippen molar-refractivity contribution in [1.29, 1.82) is 0 Å². The fourth-order valence-corrected chi connectivity index (χ4v) is 3.80. The monoisotopic (exact) mass is 365 g/mol. The lowest BCUT2D eigenvalue weighted by molar-refractivity contribution is 0.111. The van der Waals surface area contributed by atoms with E-state index in [-0.39, 0.29) is 5.82 Å². The van der Waals surface area contributed by atoms with Gasteiger partial charge in [0, 0.05) is 12.0 Å². The van der Waals surface area contributed by atoms with Crippen LogP contribution in [0.3, 0.4) is 0 Å². The van der Waals surface area contributed by atoms with Crippen LogP contribution in [0.5, 0.6) is 0 Å². The predicted octanol–water partition coefficient (Wildman–Crippen LogP) is 4.56. The second-order valence-electron chi connectivity index (χ2n) is 6.01. The normalized spacial score (nSPS) is 11.2. The summed E-state index contributed by atoms with van der Waals surface area (Å²) in [6, 6.07) is 14.4. The summed E-state index contributed by atoms with van der Waals surface area (Å²) in [6.45, 7) is 2.10. The van der Waals surface area contributed by atoms with Crippen molar-refractivity contribution in [2.24, 2.45) is 0 Å². The minimum atomic E-state index is -0.260. The number of aldehydes is 1. The zero-order valence-electron chi connectivity index (χ0n) is 14.1. The molecule has 0 atom stereocenters. The highest BCUT2D eigenvalue weighted by Crippen LogP contribution is 2.27. The van der Waals surface area contributed by atoms with Gasteiger partial charge < -0.3 is 0 Å². The third kappa shape index (κ3) is 3.04. The second-order valence-corrected chi connectivity index (χ2v) is 7.05. The molecule has 0 aliphatic rings. The molecule has 2 aromatic heterocycles. The highest BCUT2D eigenvalue weighted by atomic mass is 32.1. The summed E-state index contributed by atoms with van der Waals surface area (Å²) >= 11 is 1.44. The number of carbonyl (C=O) groups is 1. The molecule has 0 aliphatic heterocycles. The molecule has 0 saturated heterocycles. The Bertz CT molecular complexity index is 1070. The maximum atomic E-state index is 13.0. The van der Waals surface area contributed by atoms with E-state index < -0.39 is 0 Å². The number of aromatic nitrogens is 3. The first-order chi connectivity index (χ1) is 12.7. The van der Waals surface area contributed by atoms with Gasteiger partial charge in [-0.1, -0.05) is 54.7 Å². The van der Waals surface area contributed by atoms with E-state index in [2.05, 4.69) is 17.0 Å². The highest BCUT2D eigenvalue weighted by molar-refractivity contribution is 7.16. The molecule has 0 aliphatic carbocycles. The van der Waals surface area contributed by atoms with E-state index in [1.165, 1.54) is 29.0 Å². The predicted molar refractivity (Wildman–Crippen MR) is 100 cm³/mol. The average molecular weight is 365 g/mol. The van der Waals surface area contributed by atoms with Crippen molar-refractivity contribution in [2.45, 2.75) is 19.8 Å². The largest absolute Gasteiger partial charge is 0.296 e. The minimum absolute atomic E-state index is 0.260. The summed E-state index contributed by atoms with van der Waals surface area (Å²) in [5, 5.41) is 5.36. The average Bonchev–Trinajstić information content (AvgIpc) is 3.20. The maximum absolute atomic E-state index is 13.0. The smallest absolute Gasteiger partial charge is 0.213 e. The van der Waals surface area contributed by atoms with E-state index in [9.17, 15) is 9.18 Å². The number of nitrogens with zero attached hydrogens (tertiary/aromatic N) is 3. The van der Waals surface area contributed by atoms with Crippen LogP contribution in [0.1, 0.15) is 33.5 Å². The third-order valence-corrected chi connectivity index (χ3v) is 5.20. The molecule has 2 aromatic carbocycles. The Morgan fingerprint density at radius 2 is 1.77 bits per heavy atom. The van der Waals surface area contributed by atoms with Crippen LogP contribution in [0.4, 0.5) is 4.39 Å². The van der Waals surface area contributed by atoms with Crippen LogP contribution in [0.2, 0.25) is 0 Å². The number of carbonyl (C=O) groups excluding carboxylic acids is 1. The number of hydrogen-bond acceptors (Lipinski definition) is 4. The molecule has 4 rings (SSSR count). The first kappa shape index (κ1) is 16.6. The quantitative estimate of drug-likeness (QED) is 0.487. The lowest BCUT2D eigenvalue weighted by atomic mass is 10.1. The first-order valence-corrected chi connectivity index (χ1v) is 9.17. The van der Waals surface area contributed by atoms with Gasteiger partial charge in [-0.25, -0.2) is 9.37 Å². The third-order valence-electron chi connectivity index (χ3n) is 4.30. The molecule has 0 unspecified atom stereocenters. The molecule has 26 heavy (non-hydrogen) atoms. The molecule has 0 amide bonds. The van der Waals surface area contributed by atoms with Gasteiger partial charge in [0.2, 0.25) is 4.96 Å². The zero-order chi connectivity index (χ0) is 18.1. The molecule has 0 N–H and O–H groups in total. The van der Waals surface area contributed by atoms with Crippen LogP contribution in [0.15, 0.2) is 48.5 Å². The maximum Gasteiger partial charge on any atom is 0.213 e. The van der Waals surface area contributed by atoms with Crippen LogP contribution >= 0.6 is 11.3 Å². The van der Waals surface area contributed by atoms with Crippen LogP contribution in [0.25, 0.3) is 16.2 Å². The number of benzene rings is 2. The minimum Gasteiger partial charge on any atom is -0.296 e. The molecule has 6 heteroatoms. The number of rotatable bonds is 5. The molecule has 2 heterocycles. The van der Waals surface area contributed by atoms with Crippen LogP contribution in [-0.4, -0.2) is 20.9 Å². The highest BCUT2D eigenvalue weighted by Gasteiger charge is 2.17. The van der Waals surface area contributed by atoms with Crippen molar-refractivity contribution < 1.29 is 9.18 Å². The van der Waals surface area contributed by atoms with Gasteiger partial charge in [-0.15, -0.1) is 0 Å². The van der Waals surface area contributed by atoms with Crippen LogP contribution in [0, 0.1) is 5.82 Å². The van der Waals surface area contributed by atoms with Gasteiger partial charge in [0.1, 0.15) is 22.2 Å². The standard InChI is InChI=1S/C20H16FN3OS/c1-2-13-3-7-15(8-4-13)19-17(12-25)24-20(22-19)26-18(23-24)11-14-5-9-16(21)10-6-14/h3-10,12H,2,11H2,1H3. The number of hydrogen-bond donors (Lipinski definition) is 0. The number of imidazole rings is 1. The Morgan fingerprint density at radius 1 is 1.08 bits per heavy atom. The lowest BCUT2D eigenvalue weighted by Gasteiger charge is -2.01. The van der Waals surface area contributed by atoms with Crippen LogP contribution in [-0.2, 0) is 12.8 Å². The van der Waals surface area contributed by atoms with Gasteiger partial charge in [-0.05, 0) is 29.7 Å². The lowest BCUT2D eigenvalue weighted by Crippen LogP contribution is -1.96. The summed E-state index contributed by atoms with van der Waals surface area (Å²) in [5.41, 5.74) is 4.20. The van der Waals surface area contributed by atoms with E-state index in [0.717, 1.165) is 28.8 Å². The molecule has 0 spiro atoms. The molecular weight excluding hydrogens is 349 g/mol. The summed E-state index contributed by atoms with van der Waals surface area (Å²) in [7, 11) is 0. The summed E-state index contributed by atoms with van der Waals surface area (Å²) in [6.07, 6.45) is 2.34. The Labute approximate surface area is 153 Å². The summed E-state index contributed by atoms with van der Waals surface area (Å²) in [4.78, 5) is 17.0. The van der Waals surface area contributed by atoms with E-state index in [4.69, 9.17) is 0 Å². The Hall–Kier alpha value is -2.86. The molecule has 0 fully saturated rings. The second kappa shape index (κ2) is 6.80. The van der Waals surface area contributed by atoms with Gasteiger partial charge in [0.25, 0.3) is 0 Å². The van der Waals surface area contributed by atoms with Gasteiger partial charge >= 0.3 is 0 Å². The Kier molecular flexibility index (Phi) is 4.34. The SMILES string of the molecule is CCc1ccc(-c2nc3sc(Cc4ccc(F)cc4)nn3c2C=O)cc1. The summed E-state index contributed by atoms with van der Waals surface area (Å²) < 4.78 is 14.6. The molecule has 0 bridgehead atoms. The summed E-state index contributed by atoms with van der Waals surface area (Å²) in [5.74, 6) is -0.260. The van der Waals surface area contributed by atoms with Gasteiger partial charge in [0.15, 0.2) is 6.29 Å². The number of aryl methyl sites for hydroxylation is 1. The number of fused-ring (bicyclic) bond motifs is 1. The molecular formula is C20H16FN3OS. The van der Waals surface area contributed by atoms with Crippen molar-refractivity contribution in [3.05, 3.63) is 76.2 Å². The topological polar surface area (TPSA) is 47.3 Å². The van der Waals surface area contributed by atoms with Crippen molar-refractivity contribution >= 4 is 22.6 Å². The zero-order valence-corrected chi connectivity index (χ0v) is 15.0.